The summed E-state index contributed by atoms with van der Waals surface area (Å²) in [5.41, 5.74) is 2.01. The first kappa shape index (κ1) is 20.8. The van der Waals surface area contributed by atoms with Crippen LogP contribution in [0, 0.1) is 0 Å². The van der Waals surface area contributed by atoms with Crippen molar-refractivity contribution in [2.45, 2.75) is 38.3 Å². The maximum atomic E-state index is 12.5. The molecule has 1 amide bonds. The largest absolute Gasteiger partial charge is 0.490 e. The van der Waals surface area contributed by atoms with Crippen LogP contribution in [0.1, 0.15) is 41.7 Å². The van der Waals surface area contributed by atoms with Crippen molar-refractivity contribution >= 4 is 5.91 Å². The van der Waals surface area contributed by atoms with Crippen LogP contribution in [0.15, 0.2) is 67.0 Å². The fourth-order valence-electron chi connectivity index (χ4n) is 4.65. The average molecular weight is 431 g/mol. The molecule has 5 rings (SSSR count). The van der Waals surface area contributed by atoms with Gasteiger partial charge in [-0.1, -0.05) is 6.07 Å². The second-order valence-corrected chi connectivity index (χ2v) is 8.67. The van der Waals surface area contributed by atoms with E-state index < -0.39 is 0 Å². The summed E-state index contributed by atoms with van der Waals surface area (Å²) < 4.78 is 8.39. The van der Waals surface area contributed by atoms with Crippen LogP contribution < -0.4 is 4.74 Å². The highest BCUT2D eigenvalue weighted by Gasteiger charge is 2.22. The standard InChI is InChI=1S/C26H30N4O2/c31-26(29-15-3-4-16-29)21-8-10-23(11-9-21)32-24-12-18-28(19-13-24)20-22-6-5-17-30(22)25-7-1-2-14-27-25/h1-2,5-11,14,17,24H,3-4,12-13,15-16,18-20H2. The van der Waals surface area contributed by atoms with E-state index in [1.807, 2.05) is 53.6 Å². The Balaban J connectivity index is 1.13. The Morgan fingerprint density at radius 3 is 2.44 bits per heavy atom. The number of likely N-dealkylation sites (tertiary alicyclic amines) is 2. The number of rotatable bonds is 6. The summed E-state index contributed by atoms with van der Waals surface area (Å²) in [5.74, 6) is 1.95. The first-order valence-corrected chi connectivity index (χ1v) is 11.6. The minimum Gasteiger partial charge on any atom is -0.490 e. The van der Waals surface area contributed by atoms with Gasteiger partial charge in [0.2, 0.25) is 0 Å². The van der Waals surface area contributed by atoms with Crippen molar-refractivity contribution in [3.05, 3.63) is 78.2 Å². The number of carbonyl (C=O) groups excluding carboxylic acids is 1. The number of hydrogen-bond donors (Lipinski definition) is 0. The Bertz CT molecular complexity index is 1020. The number of carbonyl (C=O) groups is 1. The topological polar surface area (TPSA) is 50.6 Å². The van der Waals surface area contributed by atoms with Crippen LogP contribution in [0.3, 0.4) is 0 Å². The predicted molar refractivity (Wildman–Crippen MR) is 124 cm³/mol. The van der Waals surface area contributed by atoms with Crippen LogP contribution >= 0.6 is 0 Å². The molecule has 2 fully saturated rings. The Kier molecular flexibility index (Phi) is 6.21. The number of aromatic nitrogens is 2. The molecule has 0 unspecified atom stereocenters. The Labute approximate surface area is 189 Å². The van der Waals surface area contributed by atoms with E-state index in [4.69, 9.17) is 4.74 Å². The highest BCUT2D eigenvalue weighted by atomic mass is 16.5. The third-order valence-corrected chi connectivity index (χ3v) is 6.45. The maximum Gasteiger partial charge on any atom is 0.253 e. The van der Waals surface area contributed by atoms with Gasteiger partial charge in [-0.2, -0.15) is 0 Å². The summed E-state index contributed by atoms with van der Waals surface area (Å²) in [7, 11) is 0. The Hall–Kier alpha value is -3.12. The molecule has 0 aliphatic carbocycles. The van der Waals surface area contributed by atoms with Crippen molar-refractivity contribution in [3.63, 3.8) is 0 Å². The quantitative estimate of drug-likeness (QED) is 0.590. The molecule has 3 aromatic rings. The molecule has 2 saturated heterocycles. The van der Waals surface area contributed by atoms with Crippen molar-refractivity contribution in [3.8, 4) is 11.6 Å². The van der Waals surface area contributed by atoms with Crippen molar-refractivity contribution in [2.24, 2.45) is 0 Å². The highest BCUT2D eigenvalue weighted by molar-refractivity contribution is 5.94. The normalized spacial score (nSPS) is 17.6. The summed E-state index contributed by atoms with van der Waals surface area (Å²) >= 11 is 0. The number of piperidine rings is 1. The van der Waals surface area contributed by atoms with Crippen molar-refractivity contribution in [1.82, 2.24) is 19.4 Å². The number of pyridine rings is 1. The van der Waals surface area contributed by atoms with E-state index in [0.717, 1.165) is 75.5 Å². The Morgan fingerprint density at radius 1 is 0.938 bits per heavy atom. The number of amides is 1. The van der Waals surface area contributed by atoms with Gasteiger partial charge in [-0.15, -0.1) is 0 Å². The molecule has 1 aromatic carbocycles. The highest BCUT2D eigenvalue weighted by Crippen LogP contribution is 2.22. The number of nitrogens with zero attached hydrogens (tertiary/aromatic N) is 4. The lowest BCUT2D eigenvalue weighted by Gasteiger charge is -2.32. The summed E-state index contributed by atoms with van der Waals surface area (Å²) in [4.78, 5) is 21.4. The summed E-state index contributed by atoms with van der Waals surface area (Å²) in [6, 6.07) is 17.9. The van der Waals surface area contributed by atoms with Crippen LogP contribution in [-0.2, 0) is 6.54 Å². The number of benzene rings is 1. The van der Waals surface area contributed by atoms with E-state index in [0.29, 0.717) is 0 Å². The van der Waals surface area contributed by atoms with E-state index in [1.165, 1.54) is 5.69 Å². The second-order valence-electron chi connectivity index (χ2n) is 8.67. The second kappa shape index (κ2) is 9.57. The molecule has 4 heterocycles. The summed E-state index contributed by atoms with van der Waals surface area (Å²) in [5, 5.41) is 0. The predicted octanol–water partition coefficient (Wildman–Crippen LogP) is 4.15. The van der Waals surface area contributed by atoms with E-state index in [2.05, 4.69) is 32.8 Å². The molecule has 6 heteroatoms. The van der Waals surface area contributed by atoms with Gasteiger partial charge in [0, 0.05) is 56.4 Å². The van der Waals surface area contributed by atoms with Crippen LogP contribution in [0.5, 0.6) is 5.75 Å². The lowest BCUT2D eigenvalue weighted by atomic mass is 10.1. The van der Waals surface area contributed by atoms with Crippen molar-refractivity contribution in [2.75, 3.05) is 26.2 Å². The Morgan fingerprint density at radius 2 is 1.72 bits per heavy atom. The molecule has 2 aliphatic rings. The van der Waals surface area contributed by atoms with Crippen LogP contribution in [-0.4, -0.2) is 57.5 Å². The lowest BCUT2D eigenvalue weighted by molar-refractivity contribution is 0.0792. The molecule has 0 bridgehead atoms. The molecule has 32 heavy (non-hydrogen) atoms. The first-order chi connectivity index (χ1) is 15.8. The van der Waals surface area contributed by atoms with Gasteiger partial charge in [0.15, 0.2) is 0 Å². The smallest absolute Gasteiger partial charge is 0.253 e. The minimum atomic E-state index is 0.137. The SMILES string of the molecule is O=C(c1ccc(OC2CCN(Cc3cccn3-c3ccccn3)CC2)cc1)N1CCCC1. The molecular formula is C26H30N4O2. The number of ether oxygens (including phenoxy) is 1. The summed E-state index contributed by atoms with van der Waals surface area (Å²) in [6.45, 7) is 4.67. The molecule has 0 saturated carbocycles. The third kappa shape index (κ3) is 4.70. The first-order valence-electron chi connectivity index (χ1n) is 11.6. The summed E-state index contributed by atoms with van der Waals surface area (Å²) in [6.07, 6.45) is 8.34. The molecule has 2 aromatic heterocycles. The van der Waals surface area contributed by atoms with Gasteiger partial charge in [0.05, 0.1) is 0 Å². The zero-order valence-corrected chi connectivity index (χ0v) is 18.4. The minimum absolute atomic E-state index is 0.137. The maximum absolute atomic E-state index is 12.5. The van der Waals surface area contributed by atoms with Crippen molar-refractivity contribution in [1.29, 1.82) is 0 Å². The monoisotopic (exact) mass is 430 g/mol. The van der Waals surface area contributed by atoms with E-state index in [-0.39, 0.29) is 12.0 Å². The molecule has 2 aliphatic heterocycles. The van der Waals surface area contributed by atoms with Gasteiger partial charge in [0.1, 0.15) is 17.7 Å². The van der Waals surface area contributed by atoms with Gasteiger partial charge in [-0.3, -0.25) is 9.69 Å². The molecule has 0 spiro atoms. The number of hydrogen-bond acceptors (Lipinski definition) is 4. The van der Waals surface area contributed by atoms with E-state index >= 15 is 0 Å². The van der Waals surface area contributed by atoms with Crippen molar-refractivity contribution < 1.29 is 9.53 Å². The van der Waals surface area contributed by atoms with Gasteiger partial charge in [-0.25, -0.2) is 4.98 Å². The zero-order chi connectivity index (χ0) is 21.8. The lowest BCUT2D eigenvalue weighted by Crippen LogP contribution is -2.38. The molecule has 0 atom stereocenters. The fourth-order valence-corrected chi connectivity index (χ4v) is 4.65. The third-order valence-electron chi connectivity index (χ3n) is 6.45. The van der Waals surface area contributed by atoms with Gasteiger partial charge in [-0.05, 0) is 74.2 Å². The fraction of sp³-hybridized carbons (Fsp3) is 0.385. The molecule has 6 nitrogen and oxygen atoms in total. The van der Waals surface area contributed by atoms with Gasteiger partial charge in [0.25, 0.3) is 5.91 Å². The van der Waals surface area contributed by atoms with Crippen LogP contribution in [0.2, 0.25) is 0 Å². The molecular weight excluding hydrogens is 400 g/mol. The van der Waals surface area contributed by atoms with Crippen LogP contribution in [0.25, 0.3) is 5.82 Å². The van der Waals surface area contributed by atoms with Crippen LogP contribution in [0.4, 0.5) is 0 Å². The zero-order valence-electron chi connectivity index (χ0n) is 18.4. The van der Waals surface area contributed by atoms with Gasteiger partial charge < -0.3 is 14.2 Å². The van der Waals surface area contributed by atoms with E-state index in [9.17, 15) is 4.79 Å². The molecule has 0 radical (unpaired) electrons. The molecule has 166 valence electrons. The molecule has 0 N–H and O–H groups in total. The van der Waals surface area contributed by atoms with Gasteiger partial charge >= 0.3 is 0 Å². The van der Waals surface area contributed by atoms with E-state index in [1.54, 1.807) is 0 Å². The average Bonchev–Trinajstić information content (AvgIpc) is 3.54.